The number of amides is 1. The van der Waals surface area contributed by atoms with Crippen LogP contribution < -0.4 is 11.1 Å². The van der Waals surface area contributed by atoms with Crippen molar-refractivity contribution in [3.8, 4) is 0 Å². The molecule has 5 nitrogen and oxygen atoms in total. The van der Waals surface area contributed by atoms with E-state index in [2.05, 4.69) is 10.4 Å². The molecule has 0 aliphatic heterocycles. The Morgan fingerprint density at radius 3 is 3.12 bits per heavy atom. The number of rotatable bonds is 5. The molecule has 1 amide bonds. The van der Waals surface area contributed by atoms with Crippen LogP contribution in [0.2, 0.25) is 0 Å². The quantitative estimate of drug-likeness (QED) is 0.782. The Bertz CT molecular complexity index is 349. The second-order valence-electron chi connectivity index (χ2n) is 4.62. The van der Waals surface area contributed by atoms with Crippen LogP contribution in [0.15, 0.2) is 18.5 Å². The lowest BCUT2D eigenvalue weighted by Gasteiger charge is -2.19. The van der Waals surface area contributed by atoms with Gasteiger partial charge in [0.1, 0.15) is 0 Å². The van der Waals surface area contributed by atoms with Gasteiger partial charge in [0.05, 0.1) is 0 Å². The number of hydrogen-bond donors (Lipinski definition) is 2. The van der Waals surface area contributed by atoms with E-state index in [1.807, 2.05) is 12.3 Å². The van der Waals surface area contributed by atoms with Crippen LogP contribution >= 0.6 is 0 Å². The van der Waals surface area contributed by atoms with Crippen molar-refractivity contribution in [1.29, 1.82) is 0 Å². The highest BCUT2D eigenvalue weighted by Crippen LogP contribution is 2.24. The molecule has 17 heavy (non-hydrogen) atoms. The van der Waals surface area contributed by atoms with Crippen LogP contribution in [-0.2, 0) is 11.3 Å². The van der Waals surface area contributed by atoms with Crippen LogP contribution in [0.25, 0.3) is 0 Å². The third kappa shape index (κ3) is 3.30. The summed E-state index contributed by atoms with van der Waals surface area (Å²) in [4.78, 5) is 11.8. The topological polar surface area (TPSA) is 72.9 Å². The highest BCUT2D eigenvalue weighted by Gasteiger charge is 2.26. The third-order valence-corrected chi connectivity index (χ3v) is 3.44. The van der Waals surface area contributed by atoms with Crippen LogP contribution in [0.1, 0.15) is 25.7 Å². The van der Waals surface area contributed by atoms with Gasteiger partial charge >= 0.3 is 0 Å². The molecule has 5 heteroatoms. The summed E-state index contributed by atoms with van der Waals surface area (Å²) in [6.45, 7) is 1.31. The van der Waals surface area contributed by atoms with E-state index >= 15 is 0 Å². The molecule has 0 spiro atoms. The van der Waals surface area contributed by atoms with Gasteiger partial charge in [0.15, 0.2) is 0 Å². The number of hydrogen-bond acceptors (Lipinski definition) is 3. The first-order valence-electron chi connectivity index (χ1n) is 6.26. The summed E-state index contributed by atoms with van der Waals surface area (Å²) in [6.07, 6.45) is 7.45. The minimum Gasteiger partial charge on any atom is -0.353 e. The van der Waals surface area contributed by atoms with E-state index in [-0.39, 0.29) is 11.9 Å². The second-order valence-corrected chi connectivity index (χ2v) is 4.62. The van der Waals surface area contributed by atoms with Crippen LogP contribution in [0.4, 0.5) is 0 Å². The average Bonchev–Trinajstić information content (AvgIpc) is 2.97. The van der Waals surface area contributed by atoms with Gasteiger partial charge in [-0.1, -0.05) is 6.42 Å². The normalized spacial score (nSPS) is 23.8. The molecule has 1 aromatic rings. The molecule has 0 radical (unpaired) electrons. The fourth-order valence-electron chi connectivity index (χ4n) is 2.44. The minimum absolute atomic E-state index is 0.103. The molecule has 0 bridgehead atoms. The predicted octanol–water partition coefficient (Wildman–Crippen LogP) is 0.517. The van der Waals surface area contributed by atoms with Gasteiger partial charge in [0.25, 0.3) is 0 Å². The monoisotopic (exact) mass is 236 g/mol. The smallest absolute Gasteiger partial charge is 0.222 e. The van der Waals surface area contributed by atoms with E-state index < -0.39 is 0 Å². The summed E-state index contributed by atoms with van der Waals surface area (Å²) in [6, 6.07) is 2.14. The van der Waals surface area contributed by atoms with E-state index in [0.29, 0.717) is 25.4 Å². The molecule has 2 atom stereocenters. The Morgan fingerprint density at radius 1 is 1.53 bits per heavy atom. The lowest BCUT2D eigenvalue weighted by atomic mass is 10.0. The molecule has 1 saturated carbocycles. The Labute approximate surface area is 101 Å². The van der Waals surface area contributed by atoms with E-state index in [1.54, 1.807) is 10.9 Å². The minimum atomic E-state index is 0.103. The zero-order valence-corrected chi connectivity index (χ0v) is 10.0. The van der Waals surface area contributed by atoms with Crippen molar-refractivity contribution in [2.24, 2.45) is 11.7 Å². The number of nitrogens with one attached hydrogen (secondary N) is 1. The Kier molecular flexibility index (Phi) is 4.14. The molecule has 1 aliphatic carbocycles. The van der Waals surface area contributed by atoms with Crippen LogP contribution in [0, 0.1) is 5.92 Å². The third-order valence-electron chi connectivity index (χ3n) is 3.44. The number of carbonyl (C=O) groups excluding carboxylic acids is 1. The van der Waals surface area contributed by atoms with E-state index in [4.69, 9.17) is 5.73 Å². The Hall–Kier alpha value is -1.36. The van der Waals surface area contributed by atoms with Crippen molar-refractivity contribution >= 4 is 5.91 Å². The van der Waals surface area contributed by atoms with Crippen molar-refractivity contribution in [3.63, 3.8) is 0 Å². The first kappa shape index (κ1) is 12.1. The highest BCUT2D eigenvalue weighted by atomic mass is 16.1. The number of nitrogens with two attached hydrogens (primary N) is 1. The van der Waals surface area contributed by atoms with Gasteiger partial charge in [-0.15, -0.1) is 0 Å². The van der Waals surface area contributed by atoms with Crippen LogP contribution in [-0.4, -0.2) is 28.3 Å². The first-order chi connectivity index (χ1) is 8.29. The maximum atomic E-state index is 11.8. The summed E-state index contributed by atoms with van der Waals surface area (Å²) >= 11 is 0. The second kappa shape index (κ2) is 5.82. The SMILES string of the molecule is NCC1CCCC1NC(=O)CCn1cccn1. The number of aromatic nitrogens is 2. The van der Waals surface area contributed by atoms with Gasteiger partial charge in [0, 0.05) is 31.4 Å². The maximum Gasteiger partial charge on any atom is 0.222 e. The van der Waals surface area contributed by atoms with Gasteiger partial charge < -0.3 is 11.1 Å². The number of aryl methyl sites for hydroxylation is 1. The molecule has 3 N–H and O–H groups in total. The molecule has 1 heterocycles. The number of carbonyl (C=O) groups is 1. The lowest BCUT2D eigenvalue weighted by molar-refractivity contribution is -0.122. The van der Waals surface area contributed by atoms with Gasteiger partial charge in [-0.3, -0.25) is 9.48 Å². The summed E-state index contributed by atoms with van der Waals surface area (Å²) in [5.41, 5.74) is 5.69. The van der Waals surface area contributed by atoms with Crippen LogP contribution in [0.3, 0.4) is 0 Å². The fraction of sp³-hybridized carbons (Fsp3) is 0.667. The Balaban J connectivity index is 1.73. The molecular formula is C12H20N4O. The molecule has 94 valence electrons. The number of nitrogens with zero attached hydrogens (tertiary/aromatic N) is 2. The molecule has 1 aromatic heterocycles. The fourth-order valence-corrected chi connectivity index (χ4v) is 2.44. The standard InChI is InChI=1S/C12H20N4O/c13-9-10-3-1-4-11(10)15-12(17)5-8-16-7-2-6-14-16/h2,6-7,10-11H,1,3-5,8-9,13H2,(H,15,17). The average molecular weight is 236 g/mol. The molecule has 0 saturated heterocycles. The molecule has 0 aromatic carbocycles. The van der Waals surface area contributed by atoms with Crippen molar-refractivity contribution < 1.29 is 4.79 Å². The van der Waals surface area contributed by atoms with Crippen molar-refractivity contribution in [3.05, 3.63) is 18.5 Å². The van der Waals surface area contributed by atoms with Crippen molar-refractivity contribution in [1.82, 2.24) is 15.1 Å². The molecule has 2 unspecified atom stereocenters. The summed E-state index contributed by atoms with van der Waals surface area (Å²) in [7, 11) is 0. The molecule has 1 fully saturated rings. The summed E-state index contributed by atoms with van der Waals surface area (Å²) in [5, 5.41) is 7.15. The molecule has 1 aliphatic rings. The zero-order chi connectivity index (χ0) is 12.1. The van der Waals surface area contributed by atoms with Gasteiger partial charge in [0.2, 0.25) is 5.91 Å². The van der Waals surface area contributed by atoms with E-state index in [0.717, 1.165) is 12.8 Å². The van der Waals surface area contributed by atoms with E-state index in [1.165, 1.54) is 6.42 Å². The largest absolute Gasteiger partial charge is 0.353 e. The summed E-state index contributed by atoms with van der Waals surface area (Å²) < 4.78 is 1.77. The maximum absolute atomic E-state index is 11.8. The van der Waals surface area contributed by atoms with Crippen LogP contribution in [0.5, 0.6) is 0 Å². The first-order valence-corrected chi connectivity index (χ1v) is 6.26. The highest BCUT2D eigenvalue weighted by molar-refractivity contribution is 5.76. The molecule has 2 rings (SSSR count). The van der Waals surface area contributed by atoms with Crippen molar-refractivity contribution in [2.75, 3.05) is 6.54 Å². The summed E-state index contributed by atoms with van der Waals surface area (Å²) in [5.74, 6) is 0.564. The van der Waals surface area contributed by atoms with E-state index in [9.17, 15) is 4.79 Å². The zero-order valence-electron chi connectivity index (χ0n) is 10.0. The van der Waals surface area contributed by atoms with Gasteiger partial charge in [-0.25, -0.2) is 0 Å². The lowest BCUT2D eigenvalue weighted by Crippen LogP contribution is -2.40. The van der Waals surface area contributed by atoms with Gasteiger partial charge in [-0.05, 0) is 31.4 Å². The van der Waals surface area contributed by atoms with Crippen molar-refractivity contribution in [2.45, 2.75) is 38.3 Å². The Morgan fingerprint density at radius 2 is 2.41 bits per heavy atom. The molecular weight excluding hydrogens is 216 g/mol. The van der Waals surface area contributed by atoms with Gasteiger partial charge in [-0.2, -0.15) is 5.10 Å². The predicted molar refractivity (Wildman–Crippen MR) is 65.2 cm³/mol.